The number of piperidine rings is 1. The molecule has 0 radical (unpaired) electrons. The molecule has 3 fully saturated rings. The van der Waals surface area contributed by atoms with Gasteiger partial charge >= 0.3 is 0 Å². The number of ether oxygens (including phenoxy) is 1. The van der Waals surface area contributed by atoms with Gasteiger partial charge in [0, 0.05) is 11.6 Å². The number of rotatable bonds is 3. The largest absolute Gasteiger partial charge is 0.373 e. The van der Waals surface area contributed by atoms with E-state index in [1.165, 1.54) is 12.1 Å². The second-order valence-corrected chi connectivity index (χ2v) is 7.77. The van der Waals surface area contributed by atoms with Crippen LogP contribution in [0.4, 0.5) is 10.1 Å². The molecule has 1 atom stereocenters. The molecule has 0 aromatic heterocycles. The number of anilines is 1. The molecule has 5 heteroatoms. The van der Waals surface area contributed by atoms with Crippen molar-refractivity contribution in [2.45, 2.75) is 56.6 Å². The highest BCUT2D eigenvalue weighted by Crippen LogP contribution is 2.39. The second kappa shape index (κ2) is 7.04. The van der Waals surface area contributed by atoms with Gasteiger partial charge in [-0.3, -0.25) is 4.79 Å². The third-order valence-electron chi connectivity index (χ3n) is 6.12. The lowest BCUT2D eigenvalue weighted by molar-refractivity contribution is -0.122. The molecule has 136 valence electrons. The van der Waals surface area contributed by atoms with Crippen molar-refractivity contribution in [3.63, 3.8) is 0 Å². The van der Waals surface area contributed by atoms with Gasteiger partial charge < -0.3 is 15.0 Å². The predicted octanol–water partition coefficient (Wildman–Crippen LogP) is 3.26. The molecule has 1 aromatic rings. The zero-order chi connectivity index (χ0) is 17.3. The summed E-state index contributed by atoms with van der Waals surface area (Å²) in [4.78, 5) is 15.2. The number of halogens is 1. The molecule has 2 saturated heterocycles. The predicted molar refractivity (Wildman–Crippen MR) is 95.0 cm³/mol. The Morgan fingerprint density at radius 2 is 1.84 bits per heavy atom. The normalized spacial score (nSPS) is 26.2. The first-order valence-electron chi connectivity index (χ1n) is 9.60. The summed E-state index contributed by atoms with van der Waals surface area (Å²) in [6, 6.07) is 6.41. The Balaban J connectivity index is 1.58. The van der Waals surface area contributed by atoms with Gasteiger partial charge in [0.2, 0.25) is 5.91 Å². The number of carbonyl (C=O) groups is 1. The number of benzene rings is 1. The minimum absolute atomic E-state index is 0.0525. The topological polar surface area (TPSA) is 41.6 Å². The van der Waals surface area contributed by atoms with E-state index in [-0.39, 0.29) is 29.3 Å². The fraction of sp³-hybridized carbons (Fsp3) is 0.650. The average molecular weight is 346 g/mol. The zero-order valence-electron chi connectivity index (χ0n) is 14.7. The van der Waals surface area contributed by atoms with Crippen LogP contribution in [0.15, 0.2) is 24.3 Å². The number of nitrogens with one attached hydrogen (secondary N) is 1. The van der Waals surface area contributed by atoms with Gasteiger partial charge in [-0.25, -0.2) is 4.39 Å². The molecule has 0 bridgehead atoms. The van der Waals surface area contributed by atoms with Crippen LogP contribution in [0.5, 0.6) is 0 Å². The highest BCUT2D eigenvalue weighted by molar-refractivity contribution is 5.95. The van der Waals surface area contributed by atoms with Crippen LogP contribution in [-0.2, 0) is 9.53 Å². The van der Waals surface area contributed by atoms with E-state index in [1.54, 1.807) is 12.1 Å². The Hall–Kier alpha value is -1.46. The third-order valence-corrected chi connectivity index (χ3v) is 6.12. The molecular weight excluding hydrogens is 319 g/mol. The Bertz CT molecular complexity index is 607. The van der Waals surface area contributed by atoms with Crippen molar-refractivity contribution in [3.05, 3.63) is 30.1 Å². The number of hydrogen-bond acceptors (Lipinski definition) is 3. The van der Waals surface area contributed by atoms with Gasteiger partial charge in [0.05, 0.1) is 18.2 Å². The molecule has 25 heavy (non-hydrogen) atoms. The van der Waals surface area contributed by atoms with Crippen LogP contribution in [0.25, 0.3) is 0 Å². The average Bonchev–Trinajstić information content (AvgIpc) is 3.29. The van der Waals surface area contributed by atoms with Crippen LogP contribution in [0, 0.1) is 11.7 Å². The highest BCUT2D eigenvalue weighted by atomic mass is 19.1. The summed E-state index contributed by atoms with van der Waals surface area (Å²) in [5.74, 6) is 0.0350. The van der Waals surface area contributed by atoms with Crippen molar-refractivity contribution < 1.29 is 13.9 Å². The lowest BCUT2D eigenvalue weighted by atomic mass is 9.87. The molecule has 1 N–H and O–H groups in total. The van der Waals surface area contributed by atoms with Gasteiger partial charge in [0.1, 0.15) is 5.82 Å². The van der Waals surface area contributed by atoms with Crippen molar-refractivity contribution in [1.29, 1.82) is 0 Å². The van der Waals surface area contributed by atoms with E-state index in [0.717, 1.165) is 63.7 Å². The van der Waals surface area contributed by atoms with E-state index < -0.39 is 0 Å². The fourth-order valence-corrected chi connectivity index (χ4v) is 4.71. The van der Waals surface area contributed by atoms with Gasteiger partial charge in [0.15, 0.2) is 0 Å². The summed E-state index contributed by atoms with van der Waals surface area (Å²) in [5, 5.41) is 3.38. The molecule has 1 aromatic carbocycles. The fourth-order valence-electron chi connectivity index (χ4n) is 4.71. The molecule has 1 saturated carbocycles. The minimum Gasteiger partial charge on any atom is -0.373 e. The lowest BCUT2D eigenvalue weighted by Gasteiger charge is -2.35. The van der Waals surface area contributed by atoms with Crippen LogP contribution in [0.3, 0.4) is 0 Å². The quantitative estimate of drug-likeness (QED) is 0.913. The van der Waals surface area contributed by atoms with Crippen molar-refractivity contribution in [3.8, 4) is 0 Å². The van der Waals surface area contributed by atoms with Crippen molar-refractivity contribution in [2.24, 2.45) is 5.92 Å². The summed E-state index contributed by atoms with van der Waals surface area (Å²) in [6.07, 6.45) is 7.08. The number of amides is 1. The molecule has 1 aliphatic carbocycles. The van der Waals surface area contributed by atoms with E-state index in [2.05, 4.69) is 5.32 Å². The minimum atomic E-state index is -0.269. The summed E-state index contributed by atoms with van der Waals surface area (Å²) < 4.78 is 19.6. The van der Waals surface area contributed by atoms with Crippen LogP contribution in [-0.4, -0.2) is 37.2 Å². The zero-order valence-corrected chi connectivity index (χ0v) is 14.7. The number of carbonyl (C=O) groups excluding carboxylic acids is 1. The first-order chi connectivity index (χ1) is 12.2. The molecule has 1 spiro atoms. The molecule has 1 unspecified atom stereocenters. The molecule has 2 aliphatic heterocycles. The maximum atomic E-state index is 13.4. The number of nitrogens with zero attached hydrogens (tertiary/aromatic N) is 1. The number of hydrogen-bond donors (Lipinski definition) is 1. The van der Waals surface area contributed by atoms with Crippen LogP contribution in [0.2, 0.25) is 0 Å². The van der Waals surface area contributed by atoms with Crippen LogP contribution >= 0.6 is 0 Å². The Morgan fingerprint density at radius 3 is 2.52 bits per heavy atom. The smallest absolute Gasteiger partial charge is 0.230 e. The maximum Gasteiger partial charge on any atom is 0.230 e. The van der Waals surface area contributed by atoms with E-state index >= 15 is 0 Å². The van der Waals surface area contributed by atoms with Crippen LogP contribution in [0.1, 0.15) is 44.9 Å². The van der Waals surface area contributed by atoms with E-state index in [9.17, 15) is 9.18 Å². The molecule has 1 amide bonds. The first-order valence-corrected chi connectivity index (χ1v) is 9.60. The molecule has 3 aliphatic rings. The van der Waals surface area contributed by atoms with Crippen LogP contribution < -0.4 is 10.2 Å². The molecular formula is C20H27FN2O2. The van der Waals surface area contributed by atoms with E-state index in [0.29, 0.717) is 6.61 Å². The second-order valence-electron chi connectivity index (χ2n) is 7.77. The van der Waals surface area contributed by atoms with Gasteiger partial charge in [-0.15, -0.1) is 0 Å². The van der Waals surface area contributed by atoms with E-state index in [1.807, 2.05) is 4.90 Å². The Morgan fingerprint density at radius 1 is 1.16 bits per heavy atom. The van der Waals surface area contributed by atoms with E-state index in [4.69, 9.17) is 4.74 Å². The third kappa shape index (κ3) is 3.44. The van der Waals surface area contributed by atoms with Gasteiger partial charge in [-0.2, -0.15) is 0 Å². The SMILES string of the molecule is O=C(C1CCCC1)N(c1ccc(F)cc1)C1COC2(CCNCC2)C1. The standard InChI is InChI=1S/C20H27FN2O2/c21-16-5-7-17(8-6-16)23(19(24)15-3-1-2-4-15)18-13-20(25-14-18)9-11-22-12-10-20/h5-8,15,18,22H,1-4,9-14H2. The molecule has 4 nitrogen and oxygen atoms in total. The van der Waals surface area contributed by atoms with Gasteiger partial charge in [0.25, 0.3) is 0 Å². The first kappa shape index (κ1) is 17.0. The summed E-state index contributed by atoms with van der Waals surface area (Å²) in [5.41, 5.74) is 0.710. The Kier molecular flexibility index (Phi) is 4.78. The molecule has 4 rings (SSSR count). The maximum absolute atomic E-state index is 13.4. The summed E-state index contributed by atoms with van der Waals surface area (Å²) in [6.45, 7) is 2.52. The monoisotopic (exact) mass is 346 g/mol. The van der Waals surface area contributed by atoms with Crippen molar-refractivity contribution in [2.75, 3.05) is 24.6 Å². The lowest BCUT2D eigenvalue weighted by Crippen LogP contribution is -2.46. The molecule has 2 heterocycles. The Labute approximate surface area is 148 Å². The van der Waals surface area contributed by atoms with Gasteiger partial charge in [-0.05, 0) is 69.5 Å². The van der Waals surface area contributed by atoms with Crippen molar-refractivity contribution in [1.82, 2.24) is 5.32 Å². The summed E-state index contributed by atoms with van der Waals surface area (Å²) >= 11 is 0. The summed E-state index contributed by atoms with van der Waals surface area (Å²) in [7, 11) is 0. The van der Waals surface area contributed by atoms with Gasteiger partial charge in [-0.1, -0.05) is 12.8 Å². The highest BCUT2D eigenvalue weighted by Gasteiger charge is 2.45. The van der Waals surface area contributed by atoms with Crippen molar-refractivity contribution >= 4 is 11.6 Å².